The number of aryl methyl sites for hydroxylation is 1. The summed E-state index contributed by atoms with van der Waals surface area (Å²) in [6.45, 7) is 1.90. The molecule has 1 aromatic heterocycles. The van der Waals surface area contributed by atoms with Crippen molar-refractivity contribution < 1.29 is 4.39 Å². The molecule has 0 saturated heterocycles. The molecule has 66 valence electrons. The van der Waals surface area contributed by atoms with Gasteiger partial charge in [0.1, 0.15) is 5.52 Å². The second-order valence-electron chi connectivity index (χ2n) is 2.91. The molecule has 13 heavy (non-hydrogen) atoms. The van der Waals surface area contributed by atoms with E-state index in [0.717, 1.165) is 10.9 Å². The summed E-state index contributed by atoms with van der Waals surface area (Å²) in [5, 5.41) is 1.17. The molecule has 0 atom stereocenters. The van der Waals surface area contributed by atoms with Crippen LogP contribution in [0.4, 0.5) is 4.39 Å². The van der Waals surface area contributed by atoms with E-state index in [1.54, 1.807) is 12.3 Å². The number of aromatic nitrogens is 1. The first kappa shape index (κ1) is 8.45. The van der Waals surface area contributed by atoms with Crippen molar-refractivity contribution in [2.45, 2.75) is 6.92 Å². The molecule has 0 aliphatic rings. The number of halogens is 2. The van der Waals surface area contributed by atoms with Crippen LogP contribution in [0.1, 0.15) is 5.56 Å². The van der Waals surface area contributed by atoms with Crippen molar-refractivity contribution in [2.24, 2.45) is 0 Å². The van der Waals surface area contributed by atoms with Crippen LogP contribution in [0.5, 0.6) is 0 Å². The Morgan fingerprint density at radius 2 is 2.15 bits per heavy atom. The van der Waals surface area contributed by atoms with Gasteiger partial charge in [0, 0.05) is 16.6 Å². The summed E-state index contributed by atoms with van der Waals surface area (Å²) in [7, 11) is 0. The zero-order valence-corrected chi connectivity index (χ0v) is 7.77. The Hall–Kier alpha value is -1.15. The molecule has 0 N–H and O–H groups in total. The third-order valence-corrected chi connectivity index (χ3v) is 2.20. The molecular weight excluding hydrogens is 189 g/mol. The maximum atomic E-state index is 13.3. The number of fused-ring (bicyclic) bond motifs is 1. The normalized spacial score (nSPS) is 10.7. The topological polar surface area (TPSA) is 12.9 Å². The summed E-state index contributed by atoms with van der Waals surface area (Å²) in [5.41, 5.74) is 1.36. The van der Waals surface area contributed by atoms with Crippen LogP contribution in [0.15, 0.2) is 24.4 Å². The second-order valence-corrected chi connectivity index (χ2v) is 3.35. The molecule has 0 unspecified atom stereocenters. The number of pyridine rings is 1. The molecule has 1 aromatic carbocycles. The van der Waals surface area contributed by atoms with E-state index in [4.69, 9.17) is 11.6 Å². The van der Waals surface area contributed by atoms with Crippen LogP contribution in [0.2, 0.25) is 5.02 Å². The minimum Gasteiger partial charge on any atom is -0.253 e. The third kappa shape index (κ3) is 1.38. The SMILES string of the molecule is Cc1ccnc2c(F)cc(Cl)cc12. The summed E-state index contributed by atoms with van der Waals surface area (Å²) in [5.74, 6) is -0.369. The zero-order chi connectivity index (χ0) is 9.42. The van der Waals surface area contributed by atoms with E-state index in [1.165, 1.54) is 6.07 Å². The van der Waals surface area contributed by atoms with E-state index in [0.29, 0.717) is 10.5 Å². The number of nitrogens with zero attached hydrogens (tertiary/aromatic N) is 1. The average molecular weight is 196 g/mol. The van der Waals surface area contributed by atoms with Gasteiger partial charge in [-0.25, -0.2) is 4.39 Å². The number of hydrogen-bond acceptors (Lipinski definition) is 1. The van der Waals surface area contributed by atoms with E-state index >= 15 is 0 Å². The Morgan fingerprint density at radius 3 is 2.92 bits per heavy atom. The molecule has 3 heteroatoms. The minimum atomic E-state index is -0.369. The van der Waals surface area contributed by atoms with Crippen LogP contribution < -0.4 is 0 Å². The first-order valence-corrected chi connectivity index (χ1v) is 4.26. The number of benzene rings is 1. The molecule has 0 bridgehead atoms. The minimum absolute atomic E-state index is 0.369. The molecule has 0 aliphatic heterocycles. The van der Waals surface area contributed by atoms with Gasteiger partial charge in [0.25, 0.3) is 0 Å². The molecule has 0 radical (unpaired) electrons. The molecule has 2 rings (SSSR count). The van der Waals surface area contributed by atoms with E-state index in [-0.39, 0.29) is 5.82 Å². The fourth-order valence-corrected chi connectivity index (χ4v) is 1.52. The fourth-order valence-electron chi connectivity index (χ4n) is 1.31. The van der Waals surface area contributed by atoms with Crippen LogP contribution in [-0.4, -0.2) is 4.98 Å². The Bertz CT molecular complexity index is 468. The highest BCUT2D eigenvalue weighted by atomic mass is 35.5. The molecule has 0 spiro atoms. The number of rotatable bonds is 0. The fraction of sp³-hybridized carbons (Fsp3) is 0.100. The summed E-state index contributed by atoms with van der Waals surface area (Å²) in [4.78, 5) is 3.95. The standard InChI is InChI=1S/C10H7ClFN/c1-6-2-3-13-10-8(6)4-7(11)5-9(10)12/h2-5H,1H3. The van der Waals surface area contributed by atoms with E-state index in [1.807, 2.05) is 13.0 Å². The predicted octanol–water partition coefficient (Wildman–Crippen LogP) is 3.34. The molecule has 0 amide bonds. The lowest BCUT2D eigenvalue weighted by Gasteiger charge is -2.02. The molecule has 0 aliphatic carbocycles. The van der Waals surface area contributed by atoms with Gasteiger partial charge in [0.2, 0.25) is 0 Å². The summed E-state index contributed by atoms with van der Waals surface area (Å²) in [6.07, 6.45) is 1.59. The van der Waals surface area contributed by atoms with E-state index < -0.39 is 0 Å². The van der Waals surface area contributed by atoms with Gasteiger partial charge in [0.05, 0.1) is 0 Å². The van der Waals surface area contributed by atoms with Crippen LogP contribution in [0.25, 0.3) is 10.9 Å². The van der Waals surface area contributed by atoms with Crippen molar-refractivity contribution in [3.05, 3.63) is 40.8 Å². The Balaban J connectivity index is 2.94. The zero-order valence-electron chi connectivity index (χ0n) is 7.01. The lowest BCUT2D eigenvalue weighted by Crippen LogP contribution is -1.86. The van der Waals surface area contributed by atoms with Crippen LogP contribution in [0, 0.1) is 12.7 Å². The lowest BCUT2D eigenvalue weighted by atomic mass is 10.1. The first-order valence-electron chi connectivity index (χ1n) is 3.89. The molecule has 0 fully saturated rings. The van der Waals surface area contributed by atoms with Gasteiger partial charge in [-0.15, -0.1) is 0 Å². The average Bonchev–Trinajstić information content (AvgIpc) is 2.07. The maximum absolute atomic E-state index is 13.3. The first-order chi connectivity index (χ1) is 6.18. The van der Waals surface area contributed by atoms with Crippen molar-refractivity contribution in [3.8, 4) is 0 Å². The molecule has 0 saturated carbocycles. The Labute approximate surface area is 80.2 Å². The van der Waals surface area contributed by atoms with E-state index in [2.05, 4.69) is 4.98 Å². The summed E-state index contributed by atoms with van der Waals surface area (Å²) in [6, 6.07) is 4.83. The largest absolute Gasteiger partial charge is 0.253 e. The van der Waals surface area contributed by atoms with Crippen molar-refractivity contribution in [2.75, 3.05) is 0 Å². The summed E-state index contributed by atoms with van der Waals surface area (Å²) >= 11 is 5.73. The van der Waals surface area contributed by atoms with Crippen LogP contribution >= 0.6 is 11.6 Å². The van der Waals surface area contributed by atoms with Gasteiger partial charge in [-0.2, -0.15) is 0 Å². The van der Waals surface area contributed by atoms with Crippen molar-refractivity contribution in [1.29, 1.82) is 0 Å². The lowest BCUT2D eigenvalue weighted by molar-refractivity contribution is 0.637. The van der Waals surface area contributed by atoms with Gasteiger partial charge in [0.15, 0.2) is 5.82 Å². The molecule has 2 aromatic rings. The number of hydrogen-bond donors (Lipinski definition) is 0. The Morgan fingerprint density at radius 1 is 1.38 bits per heavy atom. The van der Waals surface area contributed by atoms with Crippen LogP contribution in [-0.2, 0) is 0 Å². The predicted molar refractivity (Wildman–Crippen MR) is 51.4 cm³/mol. The maximum Gasteiger partial charge on any atom is 0.150 e. The second kappa shape index (κ2) is 2.96. The van der Waals surface area contributed by atoms with Gasteiger partial charge >= 0.3 is 0 Å². The van der Waals surface area contributed by atoms with Crippen LogP contribution in [0.3, 0.4) is 0 Å². The van der Waals surface area contributed by atoms with Crippen molar-refractivity contribution >= 4 is 22.5 Å². The monoisotopic (exact) mass is 195 g/mol. The van der Waals surface area contributed by atoms with Crippen molar-refractivity contribution in [1.82, 2.24) is 4.98 Å². The van der Waals surface area contributed by atoms with Crippen molar-refractivity contribution in [3.63, 3.8) is 0 Å². The van der Waals surface area contributed by atoms with Gasteiger partial charge in [-0.1, -0.05) is 11.6 Å². The highest BCUT2D eigenvalue weighted by molar-refractivity contribution is 6.31. The quantitative estimate of drug-likeness (QED) is 0.628. The smallest absolute Gasteiger partial charge is 0.150 e. The van der Waals surface area contributed by atoms with Gasteiger partial charge in [-0.3, -0.25) is 4.98 Å². The molecule has 1 nitrogen and oxygen atoms in total. The third-order valence-electron chi connectivity index (χ3n) is 1.98. The Kier molecular flexibility index (Phi) is 1.93. The molecular formula is C10H7ClFN. The van der Waals surface area contributed by atoms with E-state index in [9.17, 15) is 4.39 Å². The highest BCUT2D eigenvalue weighted by Gasteiger charge is 2.05. The molecule has 1 heterocycles. The highest BCUT2D eigenvalue weighted by Crippen LogP contribution is 2.23. The van der Waals surface area contributed by atoms with Gasteiger partial charge in [-0.05, 0) is 30.7 Å². The van der Waals surface area contributed by atoms with Gasteiger partial charge < -0.3 is 0 Å². The summed E-state index contributed by atoms with van der Waals surface area (Å²) < 4.78 is 13.3.